The van der Waals surface area contributed by atoms with E-state index in [2.05, 4.69) is 10.2 Å². The van der Waals surface area contributed by atoms with Crippen LogP contribution in [0.1, 0.15) is 33.9 Å². The average Bonchev–Trinajstić information content (AvgIpc) is 3.01. The molecule has 1 aliphatic heterocycles. The highest BCUT2D eigenvalue weighted by atomic mass is 31.2. The third-order valence-electron chi connectivity index (χ3n) is 5.15. The molecule has 6 atom stereocenters. The summed E-state index contributed by atoms with van der Waals surface area (Å²) in [6, 6.07) is 6.92. The number of para-hydroxylation sites is 1. The zero-order valence-electron chi connectivity index (χ0n) is 20.1. The van der Waals surface area contributed by atoms with Gasteiger partial charge in [0, 0.05) is 0 Å². The molecule has 1 saturated heterocycles. The number of aliphatic hydroxyl groups is 2. The van der Waals surface area contributed by atoms with Gasteiger partial charge in [-0.15, -0.1) is 0 Å². The maximum absolute atomic E-state index is 13.6. The van der Waals surface area contributed by atoms with Gasteiger partial charge in [-0.3, -0.25) is 19.1 Å². The first-order valence-corrected chi connectivity index (χ1v) is 12.6. The highest BCUT2D eigenvalue weighted by Crippen LogP contribution is 2.46. The summed E-state index contributed by atoms with van der Waals surface area (Å²) in [7, 11) is -4.28. The molecule has 0 aliphatic carbocycles. The molecule has 1 aromatic carbocycles. The lowest BCUT2D eigenvalue weighted by Crippen LogP contribution is -2.47. The van der Waals surface area contributed by atoms with E-state index < -0.39 is 67.8 Å². The predicted octanol–water partition coefficient (Wildman–Crippen LogP) is 0.0743. The number of benzene rings is 1. The van der Waals surface area contributed by atoms with Crippen molar-refractivity contribution in [2.75, 3.05) is 6.61 Å². The quantitative estimate of drug-likeness (QED) is 0.240. The Labute approximate surface area is 205 Å². The van der Waals surface area contributed by atoms with Crippen LogP contribution in [0.4, 0.5) is 0 Å². The molecule has 3 rings (SSSR count). The van der Waals surface area contributed by atoms with E-state index in [0.717, 1.165) is 6.20 Å². The maximum atomic E-state index is 13.6. The Morgan fingerprint density at radius 3 is 2.58 bits per heavy atom. The van der Waals surface area contributed by atoms with E-state index in [9.17, 15) is 29.2 Å². The van der Waals surface area contributed by atoms with Crippen LogP contribution < -0.4 is 20.9 Å². The molecule has 2 heterocycles. The van der Waals surface area contributed by atoms with Gasteiger partial charge in [0.25, 0.3) is 5.56 Å². The third kappa shape index (κ3) is 6.46. The van der Waals surface area contributed by atoms with Crippen molar-refractivity contribution in [1.29, 1.82) is 0 Å². The molecule has 0 bridgehead atoms. The smallest absolute Gasteiger partial charge is 0.459 e. The van der Waals surface area contributed by atoms with E-state index in [1.807, 2.05) is 4.98 Å². The van der Waals surface area contributed by atoms with Crippen LogP contribution in [0.3, 0.4) is 0 Å². The fourth-order valence-corrected chi connectivity index (χ4v) is 4.87. The van der Waals surface area contributed by atoms with Crippen LogP contribution in [0.25, 0.3) is 0 Å². The topological polar surface area (TPSA) is 191 Å². The summed E-state index contributed by atoms with van der Waals surface area (Å²) >= 11 is 0. The molecule has 15 heteroatoms. The molecular weight excluding hydrogens is 499 g/mol. The highest BCUT2D eigenvalue weighted by molar-refractivity contribution is 7.52. The van der Waals surface area contributed by atoms with E-state index in [0.29, 0.717) is 4.68 Å². The van der Waals surface area contributed by atoms with E-state index >= 15 is 0 Å². The number of aromatic amines is 1. The van der Waals surface area contributed by atoms with Crippen LogP contribution in [0.2, 0.25) is 0 Å². The van der Waals surface area contributed by atoms with Crippen molar-refractivity contribution in [3.05, 3.63) is 57.4 Å². The minimum absolute atomic E-state index is 0.166. The highest BCUT2D eigenvalue weighted by Gasteiger charge is 2.54. The van der Waals surface area contributed by atoms with Gasteiger partial charge in [-0.1, -0.05) is 18.2 Å². The Morgan fingerprint density at radius 2 is 1.97 bits per heavy atom. The first-order valence-electron chi connectivity index (χ1n) is 11.0. The molecule has 0 spiro atoms. The van der Waals surface area contributed by atoms with Gasteiger partial charge in [0.1, 0.15) is 35.8 Å². The summed E-state index contributed by atoms with van der Waals surface area (Å²) in [6.07, 6.45) is -4.05. The number of esters is 1. The molecule has 1 aliphatic rings. The number of aliphatic hydroxyl groups excluding tert-OH is 1. The first-order chi connectivity index (χ1) is 16.8. The van der Waals surface area contributed by atoms with Crippen molar-refractivity contribution < 1.29 is 38.1 Å². The van der Waals surface area contributed by atoms with Gasteiger partial charge in [-0.05, 0) is 39.8 Å². The number of nitrogens with one attached hydrogen (secondary N) is 2. The van der Waals surface area contributed by atoms with E-state index in [-0.39, 0.29) is 5.75 Å². The van der Waals surface area contributed by atoms with Crippen molar-refractivity contribution in [2.45, 2.75) is 63.9 Å². The minimum atomic E-state index is -4.28. The zero-order valence-corrected chi connectivity index (χ0v) is 21.0. The maximum Gasteiger partial charge on any atom is 0.459 e. The van der Waals surface area contributed by atoms with Gasteiger partial charge in [-0.25, -0.2) is 9.36 Å². The molecule has 1 aromatic heterocycles. The molecule has 198 valence electrons. The number of aromatic nitrogens is 3. The summed E-state index contributed by atoms with van der Waals surface area (Å²) in [6.45, 7) is 5.33. The third-order valence-corrected chi connectivity index (χ3v) is 6.79. The Hall–Kier alpha value is -2.87. The number of carbonyl (C=O) groups is 1. The van der Waals surface area contributed by atoms with Gasteiger partial charge in [0.15, 0.2) is 6.23 Å². The lowest BCUT2D eigenvalue weighted by atomic mass is 9.97. The number of nitrogens with zero attached hydrogens (tertiary/aromatic N) is 2. The summed E-state index contributed by atoms with van der Waals surface area (Å²) in [5.41, 5.74) is -3.78. The van der Waals surface area contributed by atoms with Gasteiger partial charge < -0.3 is 24.2 Å². The molecule has 0 radical (unpaired) electrons. The molecule has 1 fully saturated rings. The number of hydrogen-bond acceptors (Lipinski definition) is 11. The van der Waals surface area contributed by atoms with Crippen LogP contribution in [-0.2, 0) is 23.4 Å². The van der Waals surface area contributed by atoms with Crippen LogP contribution in [0.15, 0.2) is 46.1 Å². The Balaban J connectivity index is 1.80. The number of hydrogen-bond donors (Lipinski definition) is 4. The number of carbonyl (C=O) groups excluding carboxylic acids is 1. The molecular formula is C21H29N4O10P. The van der Waals surface area contributed by atoms with Crippen LogP contribution >= 0.6 is 7.75 Å². The van der Waals surface area contributed by atoms with Crippen molar-refractivity contribution in [3.8, 4) is 5.75 Å². The second kappa shape index (κ2) is 11.0. The molecule has 0 saturated carbocycles. The SMILES string of the molecule is CC(C)OC(=O)[C@H](C)N[P@](=O)(OC[C@H]1O[C@@H](n2ncc(=O)[nH]c2=O)[C@](C)(O)C1O)Oc1ccccc1. The number of H-pyrrole nitrogens is 1. The molecule has 36 heavy (non-hydrogen) atoms. The summed E-state index contributed by atoms with van der Waals surface area (Å²) in [5, 5.41) is 27.6. The van der Waals surface area contributed by atoms with Gasteiger partial charge in [0.2, 0.25) is 0 Å². The van der Waals surface area contributed by atoms with Gasteiger partial charge in [0.05, 0.1) is 12.7 Å². The van der Waals surface area contributed by atoms with Crippen LogP contribution in [0.5, 0.6) is 5.75 Å². The molecule has 0 amide bonds. The van der Waals surface area contributed by atoms with Crippen molar-refractivity contribution in [1.82, 2.24) is 19.9 Å². The number of rotatable bonds is 10. The monoisotopic (exact) mass is 528 g/mol. The Kier molecular flexibility index (Phi) is 8.49. The normalized spacial score (nSPS) is 26.4. The molecule has 4 N–H and O–H groups in total. The van der Waals surface area contributed by atoms with Crippen LogP contribution in [0, 0.1) is 0 Å². The van der Waals surface area contributed by atoms with E-state index in [1.54, 1.807) is 32.0 Å². The van der Waals surface area contributed by atoms with Gasteiger partial charge in [-0.2, -0.15) is 14.9 Å². The van der Waals surface area contributed by atoms with Crippen LogP contribution in [-0.4, -0.2) is 67.5 Å². The second-order valence-corrected chi connectivity index (χ2v) is 10.3. The van der Waals surface area contributed by atoms with Crippen molar-refractivity contribution in [3.63, 3.8) is 0 Å². The zero-order chi connectivity index (χ0) is 26.7. The lowest BCUT2D eigenvalue weighted by molar-refractivity contribution is -0.149. The molecule has 1 unspecified atom stereocenters. The van der Waals surface area contributed by atoms with Gasteiger partial charge >= 0.3 is 19.4 Å². The standard InChI is InChI=1S/C21H29N4O10P/c1-12(2)33-18(28)13(3)24-36(31,35-14-8-6-5-7-9-14)32-11-15-17(27)21(4,30)19(34-15)25-20(29)23-16(26)10-22-25/h5-10,12-13,15,17,19,27,30H,11H2,1-4H3,(H,24,31)(H,23,26,29)/t13-,15+,17?,19+,21+,36-/m0/s1. The Morgan fingerprint density at radius 1 is 1.31 bits per heavy atom. The minimum Gasteiger partial charge on any atom is -0.462 e. The average molecular weight is 528 g/mol. The van der Waals surface area contributed by atoms with E-state index in [1.165, 1.54) is 26.0 Å². The first kappa shape index (κ1) is 27.7. The number of ether oxygens (including phenoxy) is 2. The fraction of sp³-hybridized carbons (Fsp3) is 0.524. The van der Waals surface area contributed by atoms with E-state index in [4.69, 9.17) is 18.5 Å². The second-order valence-electron chi connectivity index (χ2n) is 8.62. The lowest BCUT2D eigenvalue weighted by Gasteiger charge is -2.26. The summed E-state index contributed by atoms with van der Waals surface area (Å²) in [4.78, 5) is 37.7. The molecule has 2 aromatic rings. The Bertz CT molecular complexity index is 1210. The molecule has 14 nitrogen and oxygen atoms in total. The fourth-order valence-electron chi connectivity index (χ4n) is 3.37. The van der Waals surface area contributed by atoms with Crippen molar-refractivity contribution >= 4 is 13.7 Å². The van der Waals surface area contributed by atoms with Crippen molar-refractivity contribution in [2.24, 2.45) is 0 Å². The largest absolute Gasteiger partial charge is 0.462 e. The summed E-state index contributed by atoms with van der Waals surface area (Å²) < 4.78 is 36.0. The predicted molar refractivity (Wildman–Crippen MR) is 124 cm³/mol. The summed E-state index contributed by atoms with van der Waals surface area (Å²) in [5.74, 6) is -0.534.